The molecule has 2 aliphatic carbocycles. The minimum Gasteiger partial charge on any atom is -0.462 e. The van der Waals surface area contributed by atoms with E-state index in [2.05, 4.69) is 0 Å². The van der Waals surface area contributed by atoms with E-state index in [1.807, 2.05) is 13.8 Å². The van der Waals surface area contributed by atoms with E-state index in [1.165, 1.54) is 6.92 Å². The molecule has 14 heavy (non-hydrogen) atoms. The lowest BCUT2D eigenvalue weighted by Gasteiger charge is -2.36. The van der Waals surface area contributed by atoms with Crippen LogP contribution in [0.5, 0.6) is 0 Å². The molecule has 0 aromatic rings. The van der Waals surface area contributed by atoms with E-state index >= 15 is 0 Å². The van der Waals surface area contributed by atoms with Crippen LogP contribution in [0, 0.1) is 17.3 Å². The fourth-order valence-electron chi connectivity index (χ4n) is 3.10. The lowest BCUT2D eigenvalue weighted by molar-refractivity contribution is -0.159. The Labute approximate surface area is 83.8 Å². The molecule has 2 saturated carbocycles. The van der Waals surface area contributed by atoms with E-state index in [9.17, 15) is 9.59 Å². The number of fused-ring (bicyclic) bond motifs is 2. The van der Waals surface area contributed by atoms with Crippen LogP contribution in [0.4, 0.5) is 0 Å². The predicted molar refractivity (Wildman–Crippen MR) is 50.6 cm³/mol. The van der Waals surface area contributed by atoms with Crippen LogP contribution in [0.15, 0.2) is 0 Å². The molecule has 0 aromatic heterocycles. The number of ketones is 1. The number of hydrogen-bond donors (Lipinski definition) is 0. The second-order valence-electron chi connectivity index (χ2n) is 5.07. The molecule has 3 nitrogen and oxygen atoms in total. The van der Waals surface area contributed by atoms with Crippen molar-refractivity contribution >= 4 is 11.8 Å². The minimum absolute atomic E-state index is 0.0531. The van der Waals surface area contributed by atoms with Crippen LogP contribution in [0.3, 0.4) is 0 Å². The zero-order chi connectivity index (χ0) is 10.5. The number of hydrogen-bond acceptors (Lipinski definition) is 3. The molecule has 0 radical (unpaired) electrons. The molecule has 0 amide bonds. The molecule has 78 valence electrons. The van der Waals surface area contributed by atoms with Gasteiger partial charge in [0.05, 0.1) is 0 Å². The Bertz CT molecular complexity index is 293. The molecule has 0 saturated heterocycles. The average Bonchev–Trinajstić information content (AvgIpc) is 2.50. The standard InChI is InChI=1S/C11H16O3/c1-6(12)14-10-7-4-8(9(13)5-7)11(10,2)3/h7-8,10H,4-5H2,1-3H3. The first-order chi connectivity index (χ1) is 6.43. The molecule has 2 rings (SSSR count). The third kappa shape index (κ3) is 1.18. The van der Waals surface area contributed by atoms with Gasteiger partial charge in [-0.3, -0.25) is 9.59 Å². The largest absolute Gasteiger partial charge is 0.462 e. The Morgan fingerprint density at radius 3 is 2.57 bits per heavy atom. The fourth-order valence-corrected chi connectivity index (χ4v) is 3.10. The van der Waals surface area contributed by atoms with E-state index in [-0.39, 0.29) is 29.3 Å². The van der Waals surface area contributed by atoms with E-state index in [0.717, 1.165) is 6.42 Å². The Hall–Kier alpha value is -0.860. The van der Waals surface area contributed by atoms with Gasteiger partial charge in [-0.05, 0) is 6.42 Å². The van der Waals surface area contributed by atoms with Crippen molar-refractivity contribution in [2.45, 2.75) is 39.7 Å². The molecule has 2 aliphatic rings. The summed E-state index contributed by atoms with van der Waals surface area (Å²) in [5.74, 6) is 0.495. The normalized spacial score (nSPS) is 38.8. The van der Waals surface area contributed by atoms with Gasteiger partial charge in [-0.25, -0.2) is 0 Å². The van der Waals surface area contributed by atoms with Crippen LogP contribution in [-0.2, 0) is 14.3 Å². The van der Waals surface area contributed by atoms with E-state index in [4.69, 9.17) is 4.74 Å². The summed E-state index contributed by atoms with van der Waals surface area (Å²) in [5, 5.41) is 0. The van der Waals surface area contributed by atoms with E-state index < -0.39 is 0 Å². The van der Waals surface area contributed by atoms with Gasteiger partial charge in [0.25, 0.3) is 0 Å². The zero-order valence-corrected chi connectivity index (χ0v) is 8.87. The van der Waals surface area contributed by atoms with Crippen LogP contribution in [0.2, 0.25) is 0 Å². The first-order valence-corrected chi connectivity index (χ1v) is 5.13. The number of carbonyl (C=O) groups is 2. The van der Waals surface area contributed by atoms with Gasteiger partial charge < -0.3 is 4.74 Å². The van der Waals surface area contributed by atoms with Gasteiger partial charge in [0.2, 0.25) is 0 Å². The van der Waals surface area contributed by atoms with Crippen molar-refractivity contribution < 1.29 is 14.3 Å². The van der Waals surface area contributed by atoms with E-state index in [1.54, 1.807) is 0 Å². The zero-order valence-electron chi connectivity index (χ0n) is 8.87. The summed E-state index contributed by atoms with van der Waals surface area (Å²) in [5.41, 5.74) is -0.161. The molecule has 2 fully saturated rings. The third-order valence-electron chi connectivity index (χ3n) is 3.74. The Balaban J connectivity index is 2.21. The monoisotopic (exact) mass is 196 g/mol. The number of Topliss-reactive ketones (excluding diaryl/α,β-unsaturated/α-hetero) is 1. The van der Waals surface area contributed by atoms with Crippen molar-refractivity contribution in [2.24, 2.45) is 17.3 Å². The molecular weight excluding hydrogens is 180 g/mol. The van der Waals surface area contributed by atoms with Crippen molar-refractivity contribution in [3.05, 3.63) is 0 Å². The molecule has 0 aliphatic heterocycles. The Morgan fingerprint density at radius 2 is 2.14 bits per heavy atom. The van der Waals surface area contributed by atoms with Crippen LogP contribution in [0.1, 0.15) is 33.6 Å². The molecule has 3 atom stereocenters. The van der Waals surface area contributed by atoms with Crippen molar-refractivity contribution in [3.63, 3.8) is 0 Å². The summed E-state index contributed by atoms with van der Waals surface area (Å²) in [7, 11) is 0. The Kier molecular flexibility index (Phi) is 1.95. The maximum Gasteiger partial charge on any atom is 0.302 e. The molecule has 0 spiro atoms. The van der Waals surface area contributed by atoms with Gasteiger partial charge in [-0.2, -0.15) is 0 Å². The van der Waals surface area contributed by atoms with Crippen LogP contribution in [0.25, 0.3) is 0 Å². The highest BCUT2D eigenvalue weighted by molar-refractivity contribution is 5.86. The fraction of sp³-hybridized carbons (Fsp3) is 0.818. The smallest absolute Gasteiger partial charge is 0.302 e. The maximum atomic E-state index is 11.5. The molecule has 3 unspecified atom stereocenters. The quantitative estimate of drug-likeness (QED) is 0.598. The lowest BCUT2D eigenvalue weighted by Crippen LogP contribution is -2.42. The van der Waals surface area contributed by atoms with Gasteiger partial charge in [0.1, 0.15) is 11.9 Å². The first-order valence-electron chi connectivity index (χ1n) is 5.13. The third-order valence-corrected chi connectivity index (χ3v) is 3.74. The van der Waals surface area contributed by atoms with Gasteiger partial charge in [-0.1, -0.05) is 13.8 Å². The van der Waals surface area contributed by atoms with Gasteiger partial charge in [0.15, 0.2) is 0 Å². The molecule has 0 N–H and O–H groups in total. The number of rotatable bonds is 1. The summed E-state index contributed by atoms with van der Waals surface area (Å²) in [4.78, 5) is 22.5. The number of ether oxygens (including phenoxy) is 1. The summed E-state index contributed by atoms with van der Waals surface area (Å²) < 4.78 is 5.32. The van der Waals surface area contributed by atoms with Crippen LogP contribution in [-0.4, -0.2) is 17.9 Å². The van der Waals surface area contributed by atoms with Crippen molar-refractivity contribution in [3.8, 4) is 0 Å². The van der Waals surface area contributed by atoms with Crippen LogP contribution < -0.4 is 0 Å². The van der Waals surface area contributed by atoms with E-state index in [0.29, 0.717) is 12.2 Å². The van der Waals surface area contributed by atoms with Gasteiger partial charge in [0, 0.05) is 30.6 Å². The molecular formula is C11H16O3. The number of esters is 1. The summed E-state index contributed by atoms with van der Waals surface area (Å²) in [6.45, 7) is 5.49. The van der Waals surface area contributed by atoms with Crippen molar-refractivity contribution in [1.29, 1.82) is 0 Å². The summed E-state index contributed by atoms with van der Waals surface area (Å²) in [6, 6.07) is 0. The molecule has 3 heteroatoms. The Morgan fingerprint density at radius 1 is 1.50 bits per heavy atom. The van der Waals surface area contributed by atoms with Gasteiger partial charge in [-0.15, -0.1) is 0 Å². The SMILES string of the molecule is CC(=O)OC1C2CC(=O)C(C2)C1(C)C. The second kappa shape index (κ2) is 2.81. The lowest BCUT2D eigenvalue weighted by atomic mass is 9.74. The predicted octanol–water partition coefficient (Wildman–Crippen LogP) is 1.55. The molecule has 2 bridgehead atoms. The van der Waals surface area contributed by atoms with Crippen molar-refractivity contribution in [1.82, 2.24) is 0 Å². The second-order valence-corrected chi connectivity index (χ2v) is 5.07. The summed E-state index contributed by atoms with van der Waals surface area (Å²) in [6.07, 6.45) is 1.46. The first kappa shape index (κ1) is 9.69. The van der Waals surface area contributed by atoms with Crippen molar-refractivity contribution in [2.75, 3.05) is 0 Å². The molecule has 0 heterocycles. The highest BCUT2D eigenvalue weighted by Crippen LogP contribution is 2.55. The topological polar surface area (TPSA) is 43.4 Å². The average molecular weight is 196 g/mol. The highest BCUT2D eigenvalue weighted by atomic mass is 16.5. The van der Waals surface area contributed by atoms with Gasteiger partial charge >= 0.3 is 5.97 Å². The molecule has 0 aromatic carbocycles. The summed E-state index contributed by atoms with van der Waals surface area (Å²) >= 11 is 0. The minimum atomic E-state index is -0.233. The van der Waals surface area contributed by atoms with Crippen LogP contribution >= 0.6 is 0 Å². The highest BCUT2D eigenvalue weighted by Gasteiger charge is 2.58. The maximum absolute atomic E-state index is 11.5. The number of carbonyl (C=O) groups excluding carboxylic acids is 2.